The summed E-state index contributed by atoms with van der Waals surface area (Å²) >= 11 is 1.78. The first-order valence-electron chi connectivity index (χ1n) is 4.62. The average Bonchev–Trinajstić information content (AvgIpc) is 2.26. The molecule has 1 rings (SSSR count). The van der Waals surface area contributed by atoms with Gasteiger partial charge in [-0.3, -0.25) is 0 Å². The standard InChI is InChI=1S/C8H14N2O4S/c11-6(7(12)13)5-9-8(14)10-1-3-15-4-2-10/h6,11H,1-5H2,(H,9,14)(H,12,13). The second-order valence-corrected chi connectivity index (χ2v) is 4.36. The number of urea groups is 1. The number of rotatable bonds is 3. The summed E-state index contributed by atoms with van der Waals surface area (Å²) in [6, 6.07) is -0.310. The Bertz CT molecular complexity index is 243. The summed E-state index contributed by atoms with van der Waals surface area (Å²) in [5.74, 6) is 0.466. The Labute approximate surface area is 91.6 Å². The Morgan fingerprint density at radius 3 is 2.53 bits per heavy atom. The summed E-state index contributed by atoms with van der Waals surface area (Å²) in [5.41, 5.74) is 0. The van der Waals surface area contributed by atoms with E-state index in [0.717, 1.165) is 11.5 Å². The van der Waals surface area contributed by atoms with Gasteiger partial charge in [0.2, 0.25) is 0 Å². The molecule has 0 aliphatic carbocycles. The number of aliphatic carboxylic acids is 1. The fourth-order valence-electron chi connectivity index (χ4n) is 1.15. The van der Waals surface area contributed by atoms with Gasteiger partial charge in [-0.25, -0.2) is 9.59 Å². The summed E-state index contributed by atoms with van der Waals surface area (Å²) in [5, 5.41) is 19.7. The molecule has 7 heteroatoms. The van der Waals surface area contributed by atoms with E-state index in [4.69, 9.17) is 10.2 Å². The molecule has 2 amide bonds. The molecule has 3 N–H and O–H groups in total. The van der Waals surface area contributed by atoms with Crippen LogP contribution in [0.3, 0.4) is 0 Å². The molecule has 0 spiro atoms. The lowest BCUT2D eigenvalue weighted by atomic mass is 10.3. The first-order chi connectivity index (χ1) is 7.11. The number of carboxylic acids is 1. The van der Waals surface area contributed by atoms with Crippen molar-refractivity contribution >= 4 is 23.8 Å². The van der Waals surface area contributed by atoms with Crippen molar-refractivity contribution in [3.05, 3.63) is 0 Å². The van der Waals surface area contributed by atoms with Crippen LogP contribution >= 0.6 is 11.8 Å². The quantitative estimate of drug-likeness (QED) is 0.594. The number of aliphatic hydroxyl groups is 1. The molecule has 0 aromatic carbocycles. The van der Waals surface area contributed by atoms with Gasteiger partial charge in [0.15, 0.2) is 6.10 Å². The molecule has 1 aliphatic heterocycles. The molecule has 86 valence electrons. The van der Waals surface area contributed by atoms with Crippen molar-refractivity contribution in [1.82, 2.24) is 10.2 Å². The first-order valence-corrected chi connectivity index (χ1v) is 5.78. The minimum absolute atomic E-state index is 0.252. The highest BCUT2D eigenvalue weighted by atomic mass is 32.2. The molecule has 1 fully saturated rings. The van der Waals surface area contributed by atoms with Crippen LogP contribution in [0.5, 0.6) is 0 Å². The summed E-state index contributed by atoms with van der Waals surface area (Å²) in [4.78, 5) is 23.3. The predicted molar refractivity (Wildman–Crippen MR) is 55.9 cm³/mol. The van der Waals surface area contributed by atoms with E-state index in [9.17, 15) is 9.59 Å². The number of amides is 2. The van der Waals surface area contributed by atoms with Crippen LogP contribution in [0.15, 0.2) is 0 Å². The highest BCUT2D eigenvalue weighted by molar-refractivity contribution is 7.99. The monoisotopic (exact) mass is 234 g/mol. The fraction of sp³-hybridized carbons (Fsp3) is 0.750. The zero-order chi connectivity index (χ0) is 11.3. The van der Waals surface area contributed by atoms with Crippen LogP contribution in [-0.4, -0.2) is 64.4 Å². The second kappa shape index (κ2) is 5.82. The van der Waals surface area contributed by atoms with E-state index in [2.05, 4.69) is 5.32 Å². The van der Waals surface area contributed by atoms with Gasteiger partial charge in [-0.1, -0.05) is 0 Å². The molecule has 0 radical (unpaired) electrons. The normalized spacial score (nSPS) is 18.3. The third kappa shape index (κ3) is 3.96. The Balaban J connectivity index is 2.25. The van der Waals surface area contributed by atoms with Crippen LogP contribution in [0.4, 0.5) is 4.79 Å². The van der Waals surface area contributed by atoms with Gasteiger partial charge in [-0.05, 0) is 0 Å². The van der Waals surface area contributed by atoms with Crippen LogP contribution < -0.4 is 5.32 Å². The van der Waals surface area contributed by atoms with Crippen molar-refractivity contribution in [1.29, 1.82) is 0 Å². The van der Waals surface area contributed by atoms with Gasteiger partial charge in [-0.15, -0.1) is 0 Å². The average molecular weight is 234 g/mol. The molecule has 1 heterocycles. The molecule has 1 unspecified atom stereocenters. The Hall–Kier alpha value is -0.950. The smallest absolute Gasteiger partial charge is 0.334 e. The SMILES string of the molecule is O=C(O)C(O)CNC(=O)N1CCSCC1. The zero-order valence-corrected chi connectivity index (χ0v) is 9.00. The molecule has 6 nitrogen and oxygen atoms in total. The molecule has 0 aromatic rings. The molecule has 1 atom stereocenters. The molecule has 1 saturated heterocycles. The van der Waals surface area contributed by atoms with E-state index >= 15 is 0 Å². The molecular weight excluding hydrogens is 220 g/mol. The summed E-state index contributed by atoms with van der Waals surface area (Å²) in [6.45, 7) is 1.08. The maximum absolute atomic E-state index is 11.4. The minimum atomic E-state index is -1.53. The number of carbonyl (C=O) groups excluding carboxylic acids is 1. The molecule has 1 aliphatic rings. The summed E-state index contributed by atoms with van der Waals surface area (Å²) < 4.78 is 0. The Kier molecular flexibility index (Phi) is 4.70. The van der Waals surface area contributed by atoms with Gasteiger partial charge in [0, 0.05) is 24.6 Å². The van der Waals surface area contributed by atoms with E-state index in [1.807, 2.05) is 0 Å². The van der Waals surface area contributed by atoms with Gasteiger partial charge in [-0.2, -0.15) is 11.8 Å². The van der Waals surface area contributed by atoms with Gasteiger partial charge >= 0.3 is 12.0 Å². The Morgan fingerprint density at radius 2 is 2.00 bits per heavy atom. The molecule has 0 bridgehead atoms. The highest BCUT2D eigenvalue weighted by Crippen LogP contribution is 2.08. The van der Waals surface area contributed by atoms with E-state index in [1.165, 1.54) is 0 Å². The summed E-state index contributed by atoms with van der Waals surface area (Å²) in [7, 11) is 0. The first kappa shape index (κ1) is 12.1. The largest absolute Gasteiger partial charge is 0.479 e. The lowest BCUT2D eigenvalue weighted by molar-refractivity contribution is -0.146. The lowest BCUT2D eigenvalue weighted by Gasteiger charge is -2.26. The second-order valence-electron chi connectivity index (χ2n) is 3.14. The molecule has 15 heavy (non-hydrogen) atoms. The lowest BCUT2D eigenvalue weighted by Crippen LogP contribution is -2.47. The number of thioether (sulfide) groups is 1. The van der Waals surface area contributed by atoms with Crippen molar-refractivity contribution in [2.45, 2.75) is 6.10 Å². The third-order valence-electron chi connectivity index (χ3n) is 2.03. The van der Waals surface area contributed by atoms with Crippen LogP contribution in [0.2, 0.25) is 0 Å². The van der Waals surface area contributed by atoms with Crippen molar-refractivity contribution in [3.8, 4) is 0 Å². The maximum atomic E-state index is 11.4. The maximum Gasteiger partial charge on any atom is 0.334 e. The van der Waals surface area contributed by atoms with E-state index in [1.54, 1.807) is 16.7 Å². The van der Waals surface area contributed by atoms with Crippen molar-refractivity contribution in [2.75, 3.05) is 31.1 Å². The highest BCUT2D eigenvalue weighted by Gasteiger charge is 2.19. The van der Waals surface area contributed by atoms with Gasteiger partial charge < -0.3 is 20.4 Å². The third-order valence-corrected chi connectivity index (χ3v) is 2.97. The summed E-state index contributed by atoms with van der Waals surface area (Å²) in [6.07, 6.45) is -1.53. The van der Waals surface area contributed by atoms with Crippen molar-refractivity contribution in [2.24, 2.45) is 0 Å². The molecular formula is C8H14N2O4S. The number of nitrogens with one attached hydrogen (secondary N) is 1. The van der Waals surface area contributed by atoms with Crippen molar-refractivity contribution in [3.63, 3.8) is 0 Å². The number of hydrogen-bond acceptors (Lipinski definition) is 4. The number of carbonyl (C=O) groups is 2. The van der Waals surface area contributed by atoms with Gasteiger partial charge in [0.05, 0.1) is 6.54 Å². The number of nitrogens with zero attached hydrogens (tertiary/aromatic N) is 1. The van der Waals surface area contributed by atoms with Gasteiger partial charge in [0.1, 0.15) is 0 Å². The number of aliphatic hydroxyl groups excluding tert-OH is 1. The van der Waals surface area contributed by atoms with Crippen LogP contribution in [-0.2, 0) is 4.79 Å². The predicted octanol–water partition coefficient (Wildman–Crippen LogP) is -0.810. The zero-order valence-electron chi connectivity index (χ0n) is 8.18. The molecule has 0 aromatic heterocycles. The fourth-order valence-corrected chi connectivity index (χ4v) is 2.05. The minimum Gasteiger partial charge on any atom is -0.479 e. The molecule has 0 saturated carbocycles. The van der Waals surface area contributed by atoms with Gasteiger partial charge in [0.25, 0.3) is 0 Å². The number of hydrogen-bond donors (Lipinski definition) is 3. The Morgan fingerprint density at radius 1 is 1.40 bits per heavy atom. The van der Waals surface area contributed by atoms with Crippen LogP contribution in [0.25, 0.3) is 0 Å². The van der Waals surface area contributed by atoms with E-state index in [0.29, 0.717) is 13.1 Å². The number of carboxylic acid groups (broad SMARTS) is 1. The van der Waals surface area contributed by atoms with E-state index < -0.39 is 12.1 Å². The topological polar surface area (TPSA) is 89.9 Å². The van der Waals surface area contributed by atoms with E-state index in [-0.39, 0.29) is 12.6 Å². The van der Waals surface area contributed by atoms with Crippen LogP contribution in [0.1, 0.15) is 0 Å². The van der Waals surface area contributed by atoms with Crippen molar-refractivity contribution < 1.29 is 19.8 Å². The van der Waals surface area contributed by atoms with Crippen LogP contribution in [0, 0.1) is 0 Å².